The van der Waals surface area contributed by atoms with E-state index in [0.717, 1.165) is 19.3 Å². The van der Waals surface area contributed by atoms with Gasteiger partial charge < -0.3 is 20.4 Å². The molecule has 15 heavy (non-hydrogen) atoms. The summed E-state index contributed by atoms with van der Waals surface area (Å²) in [5, 5.41) is 10.7. The summed E-state index contributed by atoms with van der Waals surface area (Å²) in [6.45, 7) is 1.92. The Kier molecular flexibility index (Phi) is 2.44. The normalized spacial score (nSPS) is 22.1. The minimum Gasteiger partial charge on any atom is -0.358 e. The molecule has 0 radical (unpaired) electrons. The summed E-state index contributed by atoms with van der Waals surface area (Å²) in [6.07, 6.45) is 4.18. The van der Waals surface area contributed by atoms with Gasteiger partial charge in [-0.2, -0.15) is 0 Å². The highest BCUT2D eigenvalue weighted by Crippen LogP contribution is 2.31. The average Bonchev–Trinajstić information content (AvgIpc) is 2.59. The Morgan fingerprint density at radius 2 is 2.53 bits per heavy atom. The second-order valence-electron chi connectivity index (χ2n) is 4.00. The fraction of sp³-hybridized carbons (Fsp3) is 0.667. The number of nitro groups is 1. The highest BCUT2D eigenvalue weighted by molar-refractivity contribution is 5.29. The van der Waals surface area contributed by atoms with E-state index < -0.39 is 4.92 Å². The van der Waals surface area contributed by atoms with Crippen LogP contribution in [0.1, 0.15) is 31.5 Å². The Morgan fingerprint density at radius 3 is 3.13 bits per heavy atom. The predicted octanol–water partition coefficient (Wildman–Crippen LogP) is 1.02. The molecule has 2 atom stereocenters. The summed E-state index contributed by atoms with van der Waals surface area (Å²) >= 11 is 0. The van der Waals surface area contributed by atoms with Gasteiger partial charge in [0, 0.05) is 6.04 Å². The van der Waals surface area contributed by atoms with Gasteiger partial charge in [-0.15, -0.1) is 0 Å². The van der Waals surface area contributed by atoms with E-state index in [1.54, 1.807) is 6.33 Å². The average molecular weight is 210 g/mol. The van der Waals surface area contributed by atoms with Crippen LogP contribution >= 0.6 is 0 Å². The summed E-state index contributed by atoms with van der Waals surface area (Å²) in [5.74, 6) is -0.0136. The first-order valence-electron chi connectivity index (χ1n) is 5.07. The predicted molar refractivity (Wildman–Crippen MR) is 54.5 cm³/mol. The third-order valence-corrected chi connectivity index (χ3v) is 2.92. The first-order chi connectivity index (χ1) is 7.11. The first-order valence-corrected chi connectivity index (χ1v) is 5.07. The lowest BCUT2D eigenvalue weighted by molar-refractivity contribution is -0.390. The quantitative estimate of drug-likeness (QED) is 0.583. The van der Waals surface area contributed by atoms with Crippen LogP contribution in [-0.2, 0) is 6.42 Å². The number of nitrogens with zero attached hydrogens (tertiary/aromatic N) is 3. The number of imidazole rings is 1. The lowest BCUT2D eigenvalue weighted by atomic mass is 9.98. The summed E-state index contributed by atoms with van der Waals surface area (Å²) in [4.78, 5) is 14.1. The number of fused-ring (bicyclic) bond motifs is 1. The van der Waals surface area contributed by atoms with E-state index in [2.05, 4.69) is 4.98 Å². The van der Waals surface area contributed by atoms with Gasteiger partial charge in [0.2, 0.25) is 6.33 Å². The summed E-state index contributed by atoms with van der Waals surface area (Å²) < 4.78 is 1.87. The molecule has 2 unspecified atom stereocenters. The van der Waals surface area contributed by atoms with Gasteiger partial charge in [-0.3, -0.25) is 0 Å². The van der Waals surface area contributed by atoms with Crippen LogP contribution in [0.3, 0.4) is 0 Å². The van der Waals surface area contributed by atoms with Crippen LogP contribution in [0.15, 0.2) is 6.33 Å². The van der Waals surface area contributed by atoms with Crippen molar-refractivity contribution in [1.29, 1.82) is 0 Å². The molecule has 1 aromatic rings. The number of rotatable bonds is 2. The monoisotopic (exact) mass is 210 g/mol. The van der Waals surface area contributed by atoms with Crippen molar-refractivity contribution in [3.8, 4) is 0 Å². The molecule has 1 aliphatic heterocycles. The number of hydrogen-bond acceptors (Lipinski definition) is 4. The van der Waals surface area contributed by atoms with Crippen molar-refractivity contribution in [2.24, 2.45) is 5.73 Å². The zero-order valence-electron chi connectivity index (χ0n) is 8.59. The van der Waals surface area contributed by atoms with Gasteiger partial charge in [0.05, 0.1) is 6.04 Å². The lowest BCUT2D eigenvalue weighted by Gasteiger charge is -2.26. The summed E-state index contributed by atoms with van der Waals surface area (Å²) in [7, 11) is 0. The van der Waals surface area contributed by atoms with Crippen LogP contribution in [0.5, 0.6) is 0 Å². The zero-order valence-corrected chi connectivity index (χ0v) is 8.59. The van der Waals surface area contributed by atoms with Crippen molar-refractivity contribution in [1.82, 2.24) is 9.55 Å². The standard InChI is InChI=1S/C9H14N4O2/c1-6(10)7-3-2-4-8-9(13(14)15)11-5-12(7)8/h5-7H,2-4,10H2,1H3. The Balaban J connectivity index is 2.42. The highest BCUT2D eigenvalue weighted by Gasteiger charge is 2.30. The molecular weight excluding hydrogens is 196 g/mol. The van der Waals surface area contributed by atoms with Gasteiger partial charge in [-0.1, -0.05) is 0 Å². The maximum atomic E-state index is 10.7. The maximum absolute atomic E-state index is 10.7. The molecule has 0 amide bonds. The zero-order chi connectivity index (χ0) is 11.0. The second kappa shape index (κ2) is 3.62. The smallest absolute Gasteiger partial charge is 0.358 e. The van der Waals surface area contributed by atoms with Crippen LogP contribution in [0.4, 0.5) is 5.82 Å². The Labute approximate surface area is 87.2 Å². The molecule has 2 rings (SSSR count). The van der Waals surface area contributed by atoms with E-state index in [-0.39, 0.29) is 17.9 Å². The molecule has 1 aliphatic rings. The molecule has 6 heteroatoms. The Hall–Kier alpha value is -1.43. The molecular formula is C9H14N4O2. The molecule has 0 aliphatic carbocycles. The number of aromatic nitrogens is 2. The van der Waals surface area contributed by atoms with Crippen LogP contribution in [0.25, 0.3) is 0 Å². The van der Waals surface area contributed by atoms with Crippen molar-refractivity contribution in [3.63, 3.8) is 0 Å². The minimum atomic E-state index is -0.421. The molecule has 0 bridgehead atoms. The van der Waals surface area contributed by atoms with Gasteiger partial charge >= 0.3 is 5.82 Å². The Morgan fingerprint density at radius 1 is 1.80 bits per heavy atom. The van der Waals surface area contributed by atoms with Crippen molar-refractivity contribution in [2.45, 2.75) is 38.3 Å². The van der Waals surface area contributed by atoms with E-state index in [9.17, 15) is 10.1 Å². The largest absolute Gasteiger partial charge is 0.384 e. The second-order valence-corrected chi connectivity index (χ2v) is 4.00. The third kappa shape index (κ3) is 1.61. The van der Waals surface area contributed by atoms with Crippen LogP contribution in [-0.4, -0.2) is 20.5 Å². The van der Waals surface area contributed by atoms with Crippen molar-refractivity contribution >= 4 is 5.82 Å². The number of hydrogen-bond donors (Lipinski definition) is 1. The highest BCUT2D eigenvalue weighted by atomic mass is 16.6. The van der Waals surface area contributed by atoms with E-state index in [0.29, 0.717) is 5.69 Å². The SMILES string of the molecule is CC(N)C1CCCc2c([N+](=O)[O-])ncn21. The molecule has 2 N–H and O–H groups in total. The molecule has 0 saturated carbocycles. The Bertz CT molecular complexity index is 385. The molecule has 0 spiro atoms. The van der Waals surface area contributed by atoms with Gasteiger partial charge in [-0.25, -0.2) is 0 Å². The molecule has 0 saturated heterocycles. The summed E-state index contributed by atoms with van der Waals surface area (Å²) in [5.41, 5.74) is 6.57. The molecule has 6 nitrogen and oxygen atoms in total. The van der Waals surface area contributed by atoms with E-state index in [4.69, 9.17) is 5.73 Å². The number of nitrogens with two attached hydrogens (primary N) is 1. The van der Waals surface area contributed by atoms with E-state index in [1.807, 2.05) is 11.5 Å². The van der Waals surface area contributed by atoms with Crippen LogP contribution in [0, 0.1) is 10.1 Å². The molecule has 2 heterocycles. The van der Waals surface area contributed by atoms with E-state index >= 15 is 0 Å². The van der Waals surface area contributed by atoms with Gasteiger partial charge in [0.15, 0.2) is 0 Å². The topological polar surface area (TPSA) is 87.0 Å². The van der Waals surface area contributed by atoms with Gasteiger partial charge in [0.25, 0.3) is 0 Å². The third-order valence-electron chi connectivity index (χ3n) is 2.92. The minimum absolute atomic E-state index is 0.00199. The molecule has 1 aromatic heterocycles. The van der Waals surface area contributed by atoms with Crippen LogP contribution in [0.2, 0.25) is 0 Å². The van der Waals surface area contributed by atoms with Gasteiger partial charge in [-0.05, 0) is 36.1 Å². The summed E-state index contributed by atoms with van der Waals surface area (Å²) in [6, 6.07) is 0.146. The van der Waals surface area contributed by atoms with E-state index in [1.165, 1.54) is 0 Å². The van der Waals surface area contributed by atoms with Crippen molar-refractivity contribution in [2.75, 3.05) is 0 Å². The maximum Gasteiger partial charge on any atom is 0.384 e. The molecule has 0 aromatic carbocycles. The fourth-order valence-electron chi connectivity index (χ4n) is 2.19. The van der Waals surface area contributed by atoms with Gasteiger partial charge in [0.1, 0.15) is 5.69 Å². The first kappa shape index (κ1) is 10.1. The molecule has 82 valence electrons. The lowest BCUT2D eigenvalue weighted by Crippen LogP contribution is -2.32. The van der Waals surface area contributed by atoms with Crippen LogP contribution < -0.4 is 5.73 Å². The van der Waals surface area contributed by atoms with Crippen molar-refractivity contribution < 1.29 is 4.92 Å². The molecule has 0 fully saturated rings. The fourth-order valence-corrected chi connectivity index (χ4v) is 2.19. The van der Waals surface area contributed by atoms with Crippen molar-refractivity contribution in [3.05, 3.63) is 22.1 Å².